The Morgan fingerprint density at radius 3 is 2.84 bits per heavy atom. The number of nitrogens with one attached hydrogen (secondary N) is 1. The number of thioether (sulfide) groups is 1. The molecule has 0 aliphatic heterocycles. The van der Waals surface area contributed by atoms with E-state index in [-0.39, 0.29) is 11.7 Å². The molecule has 0 atom stereocenters. The summed E-state index contributed by atoms with van der Waals surface area (Å²) in [6.45, 7) is 4.23. The van der Waals surface area contributed by atoms with Gasteiger partial charge < -0.3 is 18.9 Å². The SMILES string of the molecule is Cc1c(C#N)c(NC(=O)CSc2nnc(-c3cccs3)n2C)n(Cc2ccco2)c1C. The van der Waals surface area contributed by atoms with Crippen molar-refractivity contribution < 1.29 is 9.21 Å². The molecular weight excluding hydrogens is 432 g/mol. The van der Waals surface area contributed by atoms with Gasteiger partial charge in [-0.25, -0.2) is 0 Å². The van der Waals surface area contributed by atoms with Crippen LogP contribution in [0.4, 0.5) is 5.82 Å². The van der Waals surface area contributed by atoms with Gasteiger partial charge in [0.15, 0.2) is 11.0 Å². The van der Waals surface area contributed by atoms with Crippen molar-refractivity contribution in [2.75, 3.05) is 11.1 Å². The van der Waals surface area contributed by atoms with Gasteiger partial charge >= 0.3 is 0 Å². The van der Waals surface area contributed by atoms with E-state index in [1.54, 1.807) is 17.6 Å². The van der Waals surface area contributed by atoms with Gasteiger partial charge in [-0.05, 0) is 43.0 Å². The zero-order chi connectivity index (χ0) is 22.0. The Morgan fingerprint density at radius 2 is 2.16 bits per heavy atom. The Labute approximate surface area is 187 Å². The van der Waals surface area contributed by atoms with Crippen molar-refractivity contribution >= 4 is 34.8 Å². The molecule has 4 aromatic rings. The molecule has 0 aliphatic rings. The second kappa shape index (κ2) is 8.83. The molecule has 10 heteroatoms. The van der Waals surface area contributed by atoms with Gasteiger partial charge in [-0.2, -0.15) is 5.26 Å². The summed E-state index contributed by atoms with van der Waals surface area (Å²) >= 11 is 2.89. The molecule has 0 radical (unpaired) electrons. The highest BCUT2D eigenvalue weighted by atomic mass is 32.2. The fourth-order valence-electron chi connectivity index (χ4n) is 3.25. The molecule has 4 aromatic heterocycles. The van der Waals surface area contributed by atoms with E-state index in [1.807, 2.05) is 59.7 Å². The molecule has 0 bridgehead atoms. The van der Waals surface area contributed by atoms with Crippen LogP contribution in [-0.2, 0) is 18.4 Å². The number of carbonyl (C=O) groups excluding carboxylic acids is 1. The van der Waals surface area contributed by atoms with Crippen LogP contribution < -0.4 is 5.32 Å². The highest BCUT2D eigenvalue weighted by molar-refractivity contribution is 7.99. The first kappa shape index (κ1) is 21.0. The molecule has 31 heavy (non-hydrogen) atoms. The van der Waals surface area contributed by atoms with E-state index >= 15 is 0 Å². The van der Waals surface area contributed by atoms with Crippen LogP contribution in [0.5, 0.6) is 0 Å². The van der Waals surface area contributed by atoms with E-state index in [4.69, 9.17) is 4.42 Å². The Hall–Kier alpha value is -3.29. The molecule has 0 aromatic carbocycles. The number of nitriles is 1. The molecular formula is C21H20N6O2S2. The summed E-state index contributed by atoms with van der Waals surface area (Å²) in [7, 11) is 1.88. The van der Waals surface area contributed by atoms with E-state index in [0.717, 1.165) is 27.7 Å². The third kappa shape index (κ3) is 4.15. The first-order valence-corrected chi connectivity index (χ1v) is 11.3. The van der Waals surface area contributed by atoms with E-state index < -0.39 is 0 Å². The van der Waals surface area contributed by atoms with Crippen molar-refractivity contribution in [2.24, 2.45) is 7.05 Å². The second-order valence-electron chi connectivity index (χ2n) is 6.89. The summed E-state index contributed by atoms with van der Waals surface area (Å²) in [5, 5.41) is 23.6. The molecule has 0 spiro atoms. The molecule has 0 saturated carbocycles. The average molecular weight is 453 g/mol. The minimum atomic E-state index is -0.222. The predicted octanol–water partition coefficient (Wildman–Crippen LogP) is 4.21. The van der Waals surface area contributed by atoms with Crippen LogP contribution in [-0.4, -0.2) is 31.0 Å². The average Bonchev–Trinajstić information content (AvgIpc) is 3.54. The Kier molecular flexibility index (Phi) is 5.97. The predicted molar refractivity (Wildman–Crippen MR) is 120 cm³/mol. The van der Waals surface area contributed by atoms with Crippen molar-refractivity contribution in [1.82, 2.24) is 19.3 Å². The maximum atomic E-state index is 12.7. The molecule has 0 aliphatic carbocycles. The number of rotatable bonds is 7. The summed E-state index contributed by atoms with van der Waals surface area (Å²) in [5.74, 6) is 1.92. The van der Waals surface area contributed by atoms with Crippen molar-refractivity contribution in [1.29, 1.82) is 5.26 Å². The fraction of sp³-hybridized carbons (Fsp3) is 0.238. The molecule has 0 saturated heterocycles. The van der Waals surface area contributed by atoms with Gasteiger partial charge in [0.25, 0.3) is 0 Å². The monoisotopic (exact) mass is 452 g/mol. The van der Waals surface area contributed by atoms with E-state index in [9.17, 15) is 10.1 Å². The summed E-state index contributed by atoms with van der Waals surface area (Å²) in [4.78, 5) is 13.8. The number of anilines is 1. The molecule has 4 heterocycles. The number of amides is 1. The molecule has 1 amide bonds. The number of hydrogen-bond acceptors (Lipinski definition) is 7. The maximum Gasteiger partial charge on any atom is 0.235 e. The lowest BCUT2D eigenvalue weighted by molar-refractivity contribution is -0.113. The number of nitrogens with zero attached hydrogens (tertiary/aromatic N) is 5. The normalized spacial score (nSPS) is 10.9. The highest BCUT2D eigenvalue weighted by Gasteiger charge is 2.21. The zero-order valence-corrected chi connectivity index (χ0v) is 18.9. The van der Waals surface area contributed by atoms with Gasteiger partial charge in [0.05, 0.1) is 29.0 Å². The summed E-state index contributed by atoms with van der Waals surface area (Å²) in [5.41, 5.74) is 2.21. The van der Waals surface area contributed by atoms with Crippen LogP contribution in [0, 0.1) is 25.2 Å². The van der Waals surface area contributed by atoms with E-state index in [1.165, 1.54) is 11.8 Å². The maximum absolute atomic E-state index is 12.7. The third-order valence-corrected chi connectivity index (χ3v) is 6.89. The lowest BCUT2D eigenvalue weighted by atomic mass is 10.2. The lowest BCUT2D eigenvalue weighted by Crippen LogP contribution is -2.18. The quantitative estimate of drug-likeness (QED) is 0.422. The van der Waals surface area contributed by atoms with Gasteiger partial charge in [0.2, 0.25) is 5.91 Å². The third-order valence-electron chi connectivity index (χ3n) is 5.00. The van der Waals surface area contributed by atoms with Crippen molar-refractivity contribution in [3.63, 3.8) is 0 Å². The summed E-state index contributed by atoms with van der Waals surface area (Å²) in [6, 6.07) is 9.83. The van der Waals surface area contributed by atoms with Crippen LogP contribution in [0.1, 0.15) is 22.6 Å². The Morgan fingerprint density at radius 1 is 1.32 bits per heavy atom. The fourth-order valence-corrected chi connectivity index (χ4v) is 4.70. The van der Waals surface area contributed by atoms with E-state index in [0.29, 0.717) is 23.1 Å². The molecule has 0 unspecified atom stereocenters. The van der Waals surface area contributed by atoms with Gasteiger partial charge in [-0.1, -0.05) is 17.8 Å². The number of furan rings is 1. The molecule has 1 N–H and O–H groups in total. The van der Waals surface area contributed by atoms with Crippen molar-refractivity contribution in [2.45, 2.75) is 25.5 Å². The largest absolute Gasteiger partial charge is 0.467 e. The first-order chi connectivity index (χ1) is 15.0. The smallest absolute Gasteiger partial charge is 0.235 e. The number of carbonyl (C=O) groups is 1. The van der Waals surface area contributed by atoms with Gasteiger partial charge in [0.1, 0.15) is 17.6 Å². The van der Waals surface area contributed by atoms with Crippen LogP contribution in [0.15, 0.2) is 45.5 Å². The molecule has 8 nitrogen and oxygen atoms in total. The summed E-state index contributed by atoms with van der Waals surface area (Å²) < 4.78 is 9.22. The van der Waals surface area contributed by atoms with Gasteiger partial charge in [0, 0.05) is 12.7 Å². The highest BCUT2D eigenvalue weighted by Crippen LogP contribution is 2.29. The number of hydrogen-bond donors (Lipinski definition) is 1. The summed E-state index contributed by atoms with van der Waals surface area (Å²) in [6.07, 6.45) is 1.60. The Balaban J connectivity index is 1.50. The van der Waals surface area contributed by atoms with Crippen LogP contribution >= 0.6 is 23.1 Å². The minimum Gasteiger partial charge on any atom is -0.467 e. The molecule has 4 rings (SSSR count). The van der Waals surface area contributed by atoms with Crippen LogP contribution in [0.2, 0.25) is 0 Å². The van der Waals surface area contributed by atoms with Gasteiger partial charge in [-0.3, -0.25) is 4.79 Å². The molecule has 0 fully saturated rings. The van der Waals surface area contributed by atoms with Crippen molar-refractivity contribution in [3.8, 4) is 16.8 Å². The Bertz CT molecular complexity index is 1250. The minimum absolute atomic E-state index is 0.144. The first-order valence-electron chi connectivity index (χ1n) is 9.47. The van der Waals surface area contributed by atoms with Crippen molar-refractivity contribution in [3.05, 3.63) is 58.5 Å². The zero-order valence-electron chi connectivity index (χ0n) is 17.2. The topological polar surface area (TPSA) is 102 Å². The number of aromatic nitrogens is 4. The van der Waals surface area contributed by atoms with Crippen LogP contribution in [0.25, 0.3) is 10.7 Å². The standard InChI is InChI=1S/C21H20N6O2S2/c1-13-14(2)27(11-15-6-4-8-29-15)19(16(13)10-22)23-18(28)12-31-21-25-24-20(26(21)3)17-7-5-9-30-17/h4-9H,11-12H2,1-3H3,(H,23,28). The molecule has 158 valence electrons. The van der Waals surface area contributed by atoms with Crippen LogP contribution in [0.3, 0.4) is 0 Å². The lowest BCUT2D eigenvalue weighted by Gasteiger charge is -2.12. The van der Waals surface area contributed by atoms with Gasteiger partial charge in [-0.15, -0.1) is 21.5 Å². The van der Waals surface area contributed by atoms with E-state index in [2.05, 4.69) is 21.6 Å². The second-order valence-corrected chi connectivity index (χ2v) is 8.78. The number of thiophene rings is 1.